The van der Waals surface area contributed by atoms with Gasteiger partial charge >= 0.3 is 35.5 Å². The van der Waals surface area contributed by atoms with Crippen molar-refractivity contribution in [2.75, 3.05) is 0 Å². The number of halogens is 2. The molecule has 0 spiro atoms. The van der Waals surface area contributed by atoms with E-state index in [4.69, 9.17) is 28.3 Å². The average Bonchev–Trinajstić information content (AvgIpc) is 1.31. The van der Waals surface area contributed by atoms with Gasteiger partial charge in [-0.25, -0.2) is 4.79 Å². The number of carboxylic acids is 1. The predicted octanol–water partition coefficient (Wildman–Crippen LogP) is -1.73. The molecule has 0 saturated heterocycles. The van der Waals surface area contributed by atoms with Crippen LogP contribution in [0.15, 0.2) is 0 Å². The molecule has 5 heteroatoms. The number of hydrogen-bond acceptors (Lipinski definition) is 1. The summed E-state index contributed by atoms with van der Waals surface area (Å²) in [4.78, 5) is 9.76. The minimum atomic E-state index is -1.64. The van der Waals surface area contributed by atoms with Crippen LogP contribution in [0.2, 0.25) is 0 Å². The predicted molar refractivity (Wildman–Crippen MR) is 27.7 cm³/mol. The fraction of sp³-hybridized carbons (Fsp3) is 0.667. The van der Waals surface area contributed by atoms with Crippen LogP contribution in [-0.2, 0) is 4.79 Å². The molecule has 8 heavy (non-hydrogen) atoms. The summed E-state index contributed by atoms with van der Waals surface area (Å²) in [5, 5.41) is 7.99. The average molecular weight is 166 g/mol. The molecule has 0 unspecified atom stereocenters. The molecule has 0 amide bonds. The Bertz CT molecular complexity index is 87.8. The number of carboxylic acid groups (broad SMARTS) is 1. The first-order valence-electron chi connectivity index (χ1n) is 1.56. The van der Waals surface area contributed by atoms with Gasteiger partial charge in [0.25, 0.3) is 0 Å². The van der Waals surface area contributed by atoms with Crippen LogP contribution in [0.4, 0.5) is 0 Å². The van der Waals surface area contributed by atoms with Crippen LogP contribution in [0.1, 0.15) is 6.92 Å². The molecule has 0 atom stereocenters. The zero-order chi connectivity index (χ0) is 6.08. The van der Waals surface area contributed by atoms with E-state index in [0.717, 1.165) is 0 Å². The van der Waals surface area contributed by atoms with Crippen molar-refractivity contribution in [1.29, 1.82) is 0 Å². The van der Waals surface area contributed by atoms with E-state index in [-0.39, 0.29) is 29.6 Å². The first-order valence-corrected chi connectivity index (χ1v) is 2.31. The number of alkyl halides is 2. The molecular weight excluding hydrogens is 162 g/mol. The number of carbonyl (C=O) groups is 1. The van der Waals surface area contributed by atoms with Crippen molar-refractivity contribution < 1.29 is 39.5 Å². The first kappa shape index (κ1) is 11.8. The molecule has 0 saturated carbocycles. The SMILES string of the molecule is CC(Cl)(Cl)C(=O)O.[Na+]. The van der Waals surface area contributed by atoms with Crippen molar-refractivity contribution in [3.05, 3.63) is 0 Å². The largest absolute Gasteiger partial charge is 1.00 e. The van der Waals surface area contributed by atoms with Crippen molar-refractivity contribution in [3.8, 4) is 0 Å². The summed E-state index contributed by atoms with van der Waals surface area (Å²) in [6.07, 6.45) is 0. The molecule has 0 aliphatic rings. The number of hydrogen-bond donors (Lipinski definition) is 1. The summed E-state index contributed by atoms with van der Waals surface area (Å²) in [5.74, 6) is -1.23. The van der Waals surface area contributed by atoms with Gasteiger partial charge in [0.2, 0.25) is 4.33 Å². The van der Waals surface area contributed by atoms with Crippen LogP contribution in [0.25, 0.3) is 0 Å². The smallest absolute Gasteiger partial charge is 0.479 e. The van der Waals surface area contributed by atoms with Crippen LogP contribution in [-0.4, -0.2) is 15.4 Å². The molecule has 0 heterocycles. The zero-order valence-electron chi connectivity index (χ0n) is 4.61. The van der Waals surface area contributed by atoms with Gasteiger partial charge in [0.05, 0.1) is 0 Å². The normalized spacial score (nSPS) is 9.88. The maximum atomic E-state index is 9.76. The summed E-state index contributed by atoms with van der Waals surface area (Å²) >= 11 is 10.1. The third-order valence-electron chi connectivity index (χ3n) is 0.376. The van der Waals surface area contributed by atoms with E-state index in [1.807, 2.05) is 0 Å². The Morgan fingerprint density at radius 3 is 1.75 bits per heavy atom. The summed E-state index contributed by atoms with van der Waals surface area (Å²) in [5.41, 5.74) is 0. The van der Waals surface area contributed by atoms with Gasteiger partial charge in [-0.2, -0.15) is 0 Å². The van der Waals surface area contributed by atoms with E-state index < -0.39 is 10.3 Å². The van der Waals surface area contributed by atoms with E-state index in [2.05, 4.69) is 0 Å². The van der Waals surface area contributed by atoms with Crippen LogP contribution in [0.3, 0.4) is 0 Å². The van der Waals surface area contributed by atoms with E-state index in [9.17, 15) is 4.79 Å². The number of rotatable bonds is 1. The summed E-state index contributed by atoms with van der Waals surface area (Å²) in [6.45, 7) is 1.19. The van der Waals surface area contributed by atoms with Crippen LogP contribution in [0.5, 0.6) is 0 Å². The zero-order valence-corrected chi connectivity index (χ0v) is 8.12. The Hall–Kier alpha value is 1.05. The van der Waals surface area contributed by atoms with Crippen LogP contribution >= 0.6 is 23.2 Å². The molecule has 0 rings (SSSR count). The molecule has 0 aromatic rings. The Morgan fingerprint density at radius 1 is 1.62 bits per heavy atom. The van der Waals surface area contributed by atoms with Crippen molar-refractivity contribution >= 4 is 29.2 Å². The van der Waals surface area contributed by atoms with E-state index in [1.165, 1.54) is 6.92 Å². The molecule has 0 aromatic carbocycles. The first-order chi connectivity index (χ1) is 2.94. The van der Waals surface area contributed by atoms with Crippen molar-refractivity contribution in [1.82, 2.24) is 0 Å². The quantitative estimate of drug-likeness (QED) is 0.371. The molecule has 0 aromatic heterocycles. The standard InChI is InChI=1S/C3H4Cl2O2.Na/c1-3(4,5)2(6)7;/h1H3,(H,6,7);/q;+1. The molecule has 0 aliphatic heterocycles. The molecule has 0 aliphatic carbocycles. The monoisotopic (exact) mass is 165 g/mol. The van der Waals surface area contributed by atoms with E-state index in [1.54, 1.807) is 0 Å². The maximum Gasteiger partial charge on any atom is 1.00 e. The van der Waals surface area contributed by atoms with Crippen molar-refractivity contribution in [2.45, 2.75) is 11.3 Å². The van der Waals surface area contributed by atoms with Gasteiger partial charge in [-0.3, -0.25) is 0 Å². The Morgan fingerprint density at radius 2 is 1.75 bits per heavy atom. The Balaban J connectivity index is 0. The number of aliphatic carboxylic acids is 1. The molecule has 0 fully saturated rings. The summed E-state index contributed by atoms with van der Waals surface area (Å²) in [6, 6.07) is 0. The van der Waals surface area contributed by atoms with Crippen molar-refractivity contribution in [3.63, 3.8) is 0 Å². The van der Waals surface area contributed by atoms with Gasteiger partial charge in [-0.15, -0.1) is 0 Å². The molecule has 0 radical (unpaired) electrons. The van der Waals surface area contributed by atoms with Gasteiger partial charge < -0.3 is 5.11 Å². The molecule has 42 valence electrons. The molecule has 0 bridgehead atoms. The van der Waals surface area contributed by atoms with Gasteiger partial charge in [0.1, 0.15) is 0 Å². The van der Waals surface area contributed by atoms with E-state index in [0.29, 0.717) is 0 Å². The third-order valence-corrected chi connectivity index (χ3v) is 0.699. The fourth-order valence-corrected chi connectivity index (χ4v) is 0. The van der Waals surface area contributed by atoms with E-state index >= 15 is 0 Å². The summed E-state index contributed by atoms with van der Waals surface area (Å²) < 4.78 is -1.64. The second-order valence-electron chi connectivity index (χ2n) is 1.19. The fourth-order valence-electron chi connectivity index (χ4n) is 0. The van der Waals surface area contributed by atoms with Crippen molar-refractivity contribution in [2.24, 2.45) is 0 Å². The van der Waals surface area contributed by atoms with Gasteiger partial charge in [-0.05, 0) is 6.92 Å². The Kier molecular flexibility index (Phi) is 5.84. The minimum absolute atomic E-state index is 0. The topological polar surface area (TPSA) is 37.3 Å². The molecule has 1 N–H and O–H groups in total. The minimum Gasteiger partial charge on any atom is -0.479 e. The van der Waals surface area contributed by atoms with Crippen LogP contribution in [0, 0.1) is 0 Å². The molecular formula is C3H4Cl2NaO2+. The van der Waals surface area contributed by atoms with Gasteiger partial charge in [0.15, 0.2) is 0 Å². The van der Waals surface area contributed by atoms with Gasteiger partial charge in [-0.1, -0.05) is 23.2 Å². The van der Waals surface area contributed by atoms with Gasteiger partial charge in [0, 0.05) is 0 Å². The Labute approximate surface area is 79.4 Å². The third kappa shape index (κ3) is 5.19. The summed E-state index contributed by atoms with van der Waals surface area (Å²) in [7, 11) is 0. The second-order valence-corrected chi connectivity index (χ2v) is 2.90. The maximum absolute atomic E-state index is 9.76. The van der Waals surface area contributed by atoms with Crippen LogP contribution < -0.4 is 29.6 Å². The molecule has 2 nitrogen and oxygen atoms in total. The second kappa shape index (κ2) is 3.96.